The predicted molar refractivity (Wildman–Crippen MR) is 120 cm³/mol. The van der Waals surface area contributed by atoms with Gasteiger partial charge >= 0.3 is 11.9 Å². The summed E-state index contributed by atoms with van der Waals surface area (Å²) < 4.78 is 32.4. The lowest BCUT2D eigenvalue weighted by Gasteiger charge is -2.48. The van der Waals surface area contributed by atoms with Crippen molar-refractivity contribution in [2.75, 3.05) is 13.2 Å². The summed E-state index contributed by atoms with van der Waals surface area (Å²) in [7, 11) is 0. The summed E-state index contributed by atoms with van der Waals surface area (Å²) in [6, 6.07) is 0. The lowest BCUT2D eigenvalue weighted by Crippen LogP contribution is -2.65. The monoisotopic (exact) mass is 572 g/mol. The van der Waals surface area contributed by atoms with Gasteiger partial charge in [0.15, 0.2) is 31.1 Å². The zero-order valence-electron chi connectivity index (χ0n) is 21.1. The van der Waals surface area contributed by atoms with Crippen LogP contribution in [0.25, 0.3) is 0 Å². The van der Waals surface area contributed by atoms with Crippen LogP contribution in [0.5, 0.6) is 0 Å². The largest absolute Gasteiger partial charge is 0.479 e. The van der Waals surface area contributed by atoms with Crippen LogP contribution in [-0.4, -0.2) is 157 Å². The van der Waals surface area contributed by atoms with Crippen molar-refractivity contribution in [2.45, 2.75) is 106 Å². The molecular weight excluding hydrogens is 536 g/mol. The van der Waals surface area contributed by atoms with Gasteiger partial charge in [-0.2, -0.15) is 0 Å². The standard InChI is InChI=1S/C22H36O17/c1-3-4-34-21-13(29)11(27)15(17(39-21)19(32)33)37-20-6(2)8(24)14(7(5-23)35-20)36-22-12(28)9(25)10(26)16(38-22)18(30)31/h6-17,20-29H,3-5H2,1-2H3,(H,30,31)(H,32,33)/t6?,7?,8-,9?,10+,11?,12+,13+,14-,15+,16?,17?,20-,21-,22-/m1/s1. The lowest BCUT2D eigenvalue weighted by molar-refractivity contribution is -0.368. The number of aliphatic carboxylic acids is 2. The van der Waals surface area contributed by atoms with E-state index in [9.17, 15) is 55.5 Å². The fraction of sp³-hybridized carbons (Fsp3) is 0.909. The van der Waals surface area contributed by atoms with Crippen molar-refractivity contribution >= 4 is 11.9 Å². The van der Waals surface area contributed by atoms with E-state index in [4.69, 9.17) is 28.4 Å². The van der Waals surface area contributed by atoms with Gasteiger partial charge in [0.1, 0.15) is 48.8 Å². The molecule has 226 valence electrons. The fourth-order valence-corrected chi connectivity index (χ4v) is 4.56. The van der Waals surface area contributed by atoms with Crippen molar-refractivity contribution in [3.63, 3.8) is 0 Å². The number of carboxylic acids is 2. The summed E-state index contributed by atoms with van der Waals surface area (Å²) in [6.45, 7) is 2.44. The molecule has 17 nitrogen and oxygen atoms in total. The second-order valence-electron chi connectivity index (χ2n) is 9.63. The Balaban J connectivity index is 1.75. The molecule has 0 aromatic heterocycles. The van der Waals surface area contributed by atoms with Crippen LogP contribution in [0.1, 0.15) is 20.3 Å². The number of hydrogen-bond acceptors (Lipinski definition) is 15. The molecule has 39 heavy (non-hydrogen) atoms. The number of rotatable bonds is 10. The van der Waals surface area contributed by atoms with Crippen molar-refractivity contribution in [3.8, 4) is 0 Å². The number of hydrogen-bond donors (Lipinski definition) is 9. The number of carbonyl (C=O) groups is 2. The Bertz CT molecular complexity index is 826. The number of carboxylic acid groups (broad SMARTS) is 2. The molecule has 3 aliphatic rings. The van der Waals surface area contributed by atoms with Crippen LogP contribution < -0.4 is 0 Å². The van der Waals surface area contributed by atoms with E-state index in [1.807, 2.05) is 0 Å². The molecule has 0 amide bonds. The molecule has 3 saturated heterocycles. The molecule has 0 aromatic carbocycles. The molecule has 0 radical (unpaired) electrons. The molecule has 17 heteroatoms. The average Bonchev–Trinajstić information content (AvgIpc) is 2.89. The molecule has 0 bridgehead atoms. The van der Waals surface area contributed by atoms with Crippen LogP contribution in [0, 0.1) is 5.92 Å². The Hall–Kier alpha value is -1.58. The third-order valence-corrected chi connectivity index (χ3v) is 6.83. The van der Waals surface area contributed by atoms with Crippen molar-refractivity contribution in [2.24, 2.45) is 5.92 Å². The predicted octanol–water partition coefficient (Wildman–Crippen LogP) is -4.68. The highest BCUT2D eigenvalue weighted by molar-refractivity contribution is 5.73. The zero-order chi connectivity index (χ0) is 29.2. The first kappa shape index (κ1) is 31.9. The molecule has 3 aliphatic heterocycles. The minimum absolute atomic E-state index is 0.115. The molecule has 6 unspecified atom stereocenters. The maximum Gasteiger partial charge on any atom is 0.335 e. The number of aliphatic hydroxyl groups excluding tert-OH is 7. The Morgan fingerprint density at radius 3 is 1.82 bits per heavy atom. The molecule has 0 aromatic rings. The molecular formula is C22H36O17. The first-order chi connectivity index (χ1) is 18.3. The zero-order valence-corrected chi connectivity index (χ0v) is 21.1. The summed E-state index contributed by atoms with van der Waals surface area (Å²) in [5.74, 6) is -4.27. The van der Waals surface area contributed by atoms with Crippen molar-refractivity contribution in [1.29, 1.82) is 0 Å². The SMILES string of the molecule is CCCO[C@@H]1OC(C(=O)O)[C@@H](O[C@H]2OC(CO)[C@@H](O[C@@H]3OC(C(=O)O)[C@@H](O)C(O)[C@@H]3O)[C@H](O)C2C)C(O)[C@@H]1O. The first-order valence-electron chi connectivity index (χ1n) is 12.4. The van der Waals surface area contributed by atoms with Crippen LogP contribution in [0.15, 0.2) is 0 Å². The molecule has 3 rings (SSSR count). The quantitative estimate of drug-likeness (QED) is 0.119. The summed E-state index contributed by atoms with van der Waals surface area (Å²) in [4.78, 5) is 23.2. The van der Waals surface area contributed by atoms with Crippen molar-refractivity contribution < 1.29 is 84.0 Å². The van der Waals surface area contributed by atoms with Gasteiger partial charge in [-0.3, -0.25) is 0 Å². The highest BCUT2D eigenvalue weighted by atomic mass is 16.8. The third kappa shape index (κ3) is 6.67. The maximum absolute atomic E-state index is 11.9. The average molecular weight is 573 g/mol. The second-order valence-corrected chi connectivity index (χ2v) is 9.63. The van der Waals surface area contributed by atoms with Crippen LogP contribution in [0.2, 0.25) is 0 Å². The summed E-state index contributed by atoms with van der Waals surface area (Å²) in [5.41, 5.74) is 0. The third-order valence-electron chi connectivity index (χ3n) is 6.83. The van der Waals surface area contributed by atoms with Gasteiger partial charge in [0.05, 0.1) is 12.7 Å². The smallest absolute Gasteiger partial charge is 0.335 e. The van der Waals surface area contributed by atoms with E-state index in [2.05, 4.69) is 0 Å². The van der Waals surface area contributed by atoms with Gasteiger partial charge in [-0.25, -0.2) is 9.59 Å². The van der Waals surface area contributed by atoms with Crippen molar-refractivity contribution in [1.82, 2.24) is 0 Å². The summed E-state index contributed by atoms with van der Waals surface area (Å²) >= 11 is 0. The summed E-state index contributed by atoms with van der Waals surface area (Å²) in [5, 5.41) is 90.8. The van der Waals surface area contributed by atoms with Gasteiger partial charge in [0.25, 0.3) is 0 Å². The van der Waals surface area contributed by atoms with Crippen LogP contribution in [0.3, 0.4) is 0 Å². The molecule has 0 spiro atoms. The van der Waals surface area contributed by atoms with E-state index >= 15 is 0 Å². The number of aliphatic hydroxyl groups is 7. The molecule has 0 saturated carbocycles. The second kappa shape index (κ2) is 13.4. The summed E-state index contributed by atoms with van der Waals surface area (Å²) in [6.07, 6.45) is -23.7. The minimum Gasteiger partial charge on any atom is -0.479 e. The van der Waals surface area contributed by atoms with Gasteiger partial charge in [0.2, 0.25) is 0 Å². The Morgan fingerprint density at radius 2 is 1.26 bits per heavy atom. The highest BCUT2D eigenvalue weighted by Crippen LogP contribution is 2.35. The van der Waals surface area contributed by atoms with E-state index in [1.165, 1.54) is 6.92 Å². The Labute approximate surface area is 222 Å². The first-order valence-corrected chi connectivity index (χ1v) is 12.4. The van der Waals surface area contributed by atoms with Gasteiger partial charge in [-0.1, -0.05) is 13.8 Å². The van der Waals surface area contributed by atoms with Crippen LogP contribution >= 0.6 is 0 Å². The number of ether oxygens (including phenoxy) is 6. The minimum atomic E-state index is -1.98. The van der Waals surface area contributed by atoms with Gasteiger partial charge in [-0.15, -0.1) is 0 Å². The Kier molecular flexibility index (Phi) is 11.0. The highest BCUT2D eigenvalue weighted by Gasteiger charge is 2.54. The van der Waals surface area contributed by atoms with Crippen LogP contribution in [0.4, 0.5) is 0 Å². The Morgan fingerprint density at radius 1 is 0.692 bits per heavy atom. The van der Waals surface area contributed by atoms with Gasteiger partial charge in [-0.05, 0) is 6.42 Å². The topological polar surface area (TPSA) is 272 Å². The van der Waals surface area contributed by atoms with Crippen LogP contribution in [-0.2, 0) is 38.0 Å². The molecule has 15 atom stereocenters. The van der Waals surface area contributed by atoms with Gasteiger partial charge in [0, 0.05) is 12.5 Å². The molecule has 3 heterocycles. The van der Waals surface area contributed by atoms with E-state index in [1.54, 1.807) is 6.92 Å². The van der Waals surface area contributed by atoms with E-state index in [0.29, 0.717) is 6.42 Å². The van der Waals surface area contributed by atoms with E-state index in [-0.39, 0.29) is 6.61 Å². The normalized spacial score (nSPS) is 47.1. The maximum atomic E-state index is 11.9. The van der Waals surface area contributed by atoms with Crippen molar-refractivity contribution in [3.05, 3.63) is 0 Å². The molecule has 0 aliphatic carbocycles. The van der Waals surface area contributed by atoms with E-state index in [0.717, 1.165) is 0 Å². The van der Waals surface area contributed by atoms with E-state index < -0.39 is 110 Å². The fourth-order valence-electron chi connectivity index (χ4n) is 4.56. The molecule has 9 N–H and O–H groups in total. The van der Waals surface area contributed by atoms with Gasteiger partial charge < -0.3 is 74.4 Å². The molecule has 3 fully saturated rings. The lowest BCUT2D eigenvalue weighted by atomic mass is 9.91.